The van der Waals surface area contributed by atoms with Crippen LogP contribution in [0.25, 0.3) is 0 Å². The molecule has 0 radical (unpaired) electrons. The van der Waals surface area contributed by atoms with Crippen LogP contribution in [-0.4, -0.2) is 53.1 Å². The van der Waals surface area contributed by atoms with E-state index in [1.165, 1.54) is 4.90 Å². The van der Waals surface area contributed by atoms with E-state index in [-0.39, 0.29) is 11.8 Å². The van der Waals surface area contributed by atoms with E-state index in [1.54, 1.807) is 20.8 Å². The molecule has 1 rings (SSSR count). The first-order valence-corrected chi connectivity index (χ1v) is 5.92. The average Bonchev–Trinajstić information content (AvgIpc) is 2.28. The van der Waals surface area contributed by atoms with Gasteiger partial charge in [0.05, 0.1) is 0 Å². The fourth-order valence-electron chi connectivity index (χ4n) is 1.79. The Labute approximate surface area is 106 Å². The van der Waals surface area contributed by atoms with Crippen molar-refractivity contribution >= 4 is 17.9 Å². The van der Waals surface area contributed by atoms with E-state index in [0.717, 1.165) is 0 Å². The van der Waals surface area contributed by atoms with Gasteiger partial charge in [0.2, 0.25) is 5.91 Å². The molecular formula is C11H19N3O4. The highest BCUT2D eigenvalue weighted by Gasteiger charge is 2.32. The molecule has 0 spiro atoms. The van der Waals surface area contributed by atoms with Gasteiger partial charge in [-0.05, 0) is 12.8 Å². The minimum absolute atomic E-state index is 0.222. The first-order chi connectivity index (χ1) is 8.34. The van der Waals surface area contributed by atoms with Gasteiger partial charge in [-0.3, -0.25) is 4.79 Å². The van der Waals surface area contributed by atoms with Gasteiger partial charge in [-0.25, -0.2) is 9.59 Å². The number of hydrogen-bond acceptors (Lipinski definition) is 3. The molecule has 1 aliphatic rings. The van der Waals surface area contributed by atoms with Crippen LogP contribution in [0.15, 0.2) is 0 Å². The minimum Gasteiger partial charge on any atom is -0.480 e. The fraction of sp³-hybridized carbons (Fsp3) is 0.727. The van der Waals surface area contributed by atoms with E-state index in [4.69, 9.17) is 5.11 Å². The van der Waals surface area contributed by atoms with Crippen LogP contribution in [0.1, 0.15) is 20.8 Å². The van der Waals surface area contributed by atoms with Crippen LogP contribution in [-0.2, 0) is 9.59 Å². The van der Waals surface area contributed by atoms with E-state index in [2.05, 4.69) is 10.6 Å². The Morgan fingerprint density at radius 3 is 2.61 bits per heavy atom. The van der Waals surface area contributed by atoms with Gasteiger partial charge in [0.1, 0.15) is 12.1 Å². The second-order valence-corrected chi connectivity index (χ2v) is 4.67. The molecule has 1 fully saturated rings. The van der Waals surface area contributed by atoms with Gasteiger partial charge >= 0.3 is 12.0 Å². The van der Waals surface area contributed by atoms with Crippen molar-refractivity contribution in [2.75, 3.05) is 13.1 Å². The van der Waals surface area contributed by atoms with E-state index in [1.807, 2.05) is 0 Å². The van der Waals surface area contributed by atoms with Gasteiger partial charge in [-0.2, -0.15) is 0 Å². The molecule has 102 valence electrons. The normalized spacial score (nSPS) is 21.4. The number of aliphatic carboxylic acids is 1. The van der Waals surface area contributed by atoms with Crippen molar-refractivity contribution in [2.24, 2.45) is 5.92 Å². The SMILES string of the molecule is CC(C)[C@H](NC(=O)N1CCNC(=O)C1C)C(=O)O. The van der Waals surface area contributed by atoms with Crippen LogP contribution in [0.4, 0.5) is 4.79 Å². The monoisotopic (exact) mass is 257 g/mol. The summed E-state index contributed by atoms with van der Waals surface area (Å²) in [6.45, 7) is 5.80. The van der Waals surface area contributed by atoms with Gasteiger partial charge in [0.25, 0.3) is 0 Å². The smallest absolute Gasteiger partial charge is 0.326 e. The third-order valence-corrected chi connectivity index (χ3v) is 2.97. The molecule has 7 heteroatoms. The van der Waals surface area contributed by atoms with Crippen LogP contribution in [0.3, 0.4) is 0 Å². The summed E-state index contributed by atoms with van der Waals surface area (Å²) in [4.78, 5) is 35.7. The number of nitrogens with zero attached hydrogens (tertiary/aromatic N) is 1. The largest absolute Gasteiger partial charge is 0.480 e. The highest BCUT2D eigenvalue weighted by molar-refractivity contribution is 5.89. The second kappa shape index (κ2) is 5.70. The molecule has 0 aromatic carbocycles. The second-order valence-electron chi connectivity index (χ2n) is 4.67. The van der Waals surface area contributed by atoms with Gasteiger partial charge in [-0.15, -0.1) is 0 Å². The van der Waals surface area contributed by atoms with Gasteiger partial charge in [0, 0.05) is 13.1 Å². The number of urea groups is 1. The van der Waals surface area contributed by atoms with Crippen molar-refractivity contribution in [3.05, 3.63) is 0 Å². The Morgan fingerprint density at radius 2 is 2.11 bits per heavy atom. The Kier molecular flexibility index (Phi) is 4.52. The summed E-state index contributed by atoms with van der Waals surface area (Å²) >= 11 is 0. The summed E-state index contributed by atoms with van der Waals surface area (Å²) in [5.74, 6) is -1.53. The summed E-state index contributed by atoms with van der Waals surface area (Å²) < 4.78 is 0. The van der Waals surface area contributed by atoms with Crippen LogP contribution in [0.5, 0.6) is 0 Å². The summed E-state index contributed by atoms with van der Waals surface area (Å²) in [5.41, 5.74) is 0. The molecule has 0 saturated carbocycles. The van der Waals surface area contributed by atoms with Gasteiger partial charge in [-0.1, -0.05) is 13.8 Å². The molecule has 0 aromatic heterocycles. The quantitative estimate of drug-likeness (QED) is 0.642. The van der Waals surface area contributed by atoms with Crippen molar-refractivity contribution in [1.29, 1.82) is 0 Å². The number of carboxylic acids is 1. The molecule has 1 unspecified atom stereocenters. The van der Waals surface area contributed by atoms with Crippen molar-refractivity contribution in [1.82, 2.24) is 15.5 Å². The number of carboxylic acid groups (broad SMARTS) is 1. The summed E-state index contributed by atoms with van der Waals surface area (Å²) in [6.07, 6.45) is 0. The molecule has 3 N–H and O–H groups in total. The van der Waals surface area contributed by atoms with Gasteiger partial charge < -0.3 is 20.6 Å². The Morgan fingerprint density at radius 1 is 1.50 bits per heavy atom. The minimum atomic E-state index is -1.08. The molecule has 0 aliphatic carbocycles. The molecule has 2 atom stereocenters. The Bertz CT molecular complexity index is 356. The lowest BCUT2D eigenvalue weighted by molar-refractivity contribution is -0.140. The lowest BCUT2D eigenvalue weighted by Crippen LogP contribution is -2.60. The summed E-state index contributed by atoms with van der Waals surface area (Å²) in [7, 11) is 0. The highest BCUT2D eigenvalue weighted by Crippen LogP contribution is 2.07. The van der Waals surface area contributed by atoms with Crippen molar-refractivity contribution in [2.45, 2.75) is 32.9 Å². The van der Waals surface area contributed by atoms with Crippen LogP contribution >= 0.6 is 0 Å². The van der Waals surface area contributed by atoms with E-state index in [0.29, 0.717) is 13.1 Å². The first kappa shape index (κ1) is 14.3. The fourth-order valence-corrected chi connectivity index (χ4v) is 1.79. The molecule has 18 heavy (non-hydrogen) atoms. The highest BCUT2D eigenvalue weighted by atomic mass is 16.4. The maximum Gasteiger partial charge on any atom is 0.326 e. The first-order valence-electron chi connectivity index (χ1n) is 5.92. The lowest BCUT2D eigenvalue weighted by Gasteiger charge is -2.34. The number of nitrogens with one attached hydrogen (secondary N) is 2. The number of piperazine rings is 1. The van der Waals surface area contributed by atoms with Crippen molar-refractivity contribution < 1.29 is 19.5 Å². The van der Waals surface area contributed by atoms with E-state index >= 15 is 0 Å². The Hall–Kier alpha value is -1.79. The molecule has 0 aromatic rings. The molecule has 0 bridgehead atoms. The van der Waals surface area contributed by atoms with E-state index in [9.17, 15) is 14.4 Å². The zero-order chi connectivity index (χ0) is 13.9. The van der Waals surface area contributed by atoms with Crippen LogP contribution < -0.4 is 10.6 Å². The average molecular weight is 257 g/mol. The van der Waals surface area contributed by atoms with Gasteiger partial charge in [0.15, 0.2) is 0 Å². The Balaban J connectivity index is 2.69. The molecule has 1 heterocycles. The number of carbonyl (C=O) groups is 3. The maximum atomic E-state index is 11.9. The molecule has 3 amide bonds. The number of carbonyl (C=O) groups excluding carboxylic acids is 2. The topological polar surface area (TPSA) is 98.7 Å². The van der Waals surface area contributed by atoms with Crippen LogP contribution in [0, 0.1) is 5.92 Å². The predicted octanol–water partition coefficient (Wildman–Crippen LogP) is -0.374. The third kappa shape index (κ3) is 3.12. The molecular weight excluding hydrogens is 238 g/mol. The third-order valence-electron chi connectivity index (χ3n) is 2.97. The lowest BCUT2D eigenvalue weighted by atomic mass is 10.1. The van der Waals surface area contributed by atoms with Crippen molar-refractivity contribution in [3.63, 3.8) is 0 Å². The zero-order valence-corrected chi connectivity index (χ0v) is 10.8. The number of hydrogen-bond donors (Lipinski definition) is 3. The molecule has 7 nitrogen and oxygen atoms in total. The maximum absolute atomic E-state index is 11.9. The van der Waals surface area contributed by atoms with E-state index < -0.39 is 24.1 Å². The molecule has 1 aliphatic heterocycles. The van der Waals surface area contributed by atoms with Crippen molar-refractivity contribution in [3.8, 4) is 0 Å². The number of amides is 3. The number of rotatable bonds is 3. The standard InChI is InChI=1S/C11H19N3O4/c1-6(2)8(10(16)17)13-11(18)14-5-4-12-9(15)7(14)3/h6-8H,4-5H2,1-3H3,(H,12,15)(H,13,18)(H,16,17)/t7?,8-/m0/s1. The summed E-state index contributed by atoms with van der Waals surface area (Å²) in [6, 6.07) is -2.05. The molecule has 1 saturated heterocycles. The summed E-state index contributed by atoms with van der Waals surface area (Å²) in [5, 5.41) is 14.1. The van der Waals surface area contributed by atoms with Crippen LogP contribution in [0.2, 0.25) is 0 Å². The predicted molar refractivity (Wildman–Crippen MR) is 64.0 cm³/mol. The zero-order valence-electron chi connectivity index (χ0n) is 10.8.